The Hall–Kier alpha value is -4.71. The fraction of sp³-hybridized carbons (Fsp3) is 0. The molecule has 3 aromatic heterocycles. The molecule has 0 fully saturated rings. The van der Waals surface area contributed by atoms with E-state index in [2.05, 4.69) is 15.0 Å². The van der Waals surface area contributed by atoms with Crippen LogP contribution in [0.3, 0.4) is 0 Å². The summed E-state index contributed by atoms with van der Waals surface area (Å²) in [4.78, 5) is 13.6. The number of hydrogen-bond donors (Lipinski definition) is 0. The molecule has 6 nitrogen and oxygen atoms in total. The van der Waals surface area contributed by atoms with Crippen molar-refractivity contribution in [2.24, 2.45) is 0 Å². The van der Waals surface area contributed by atoms with E-state index in [4.69, 9.17) is 13.3 Å². The van der Waals surface area contributed by atoms with Crippen molar-refractivity contribution in [1.82, 2.24) is 15.0 Å². The van der Waals surface area contributed by atoms with Gasteiger partial charge in [0, 0.05) is 123 Å². The van der Waals surface area contributed by atoms with Gasteiger partial charge >= 0.3 is 0 Å². The van der Waals surface area contributed by atoms with E-state index < -0.39 is 0 Å². The molecule has 10 rings (SSSR count). The van der Waals surface area contributed by atoms with Crippen molar-refractivity contribution in [3.63, 3.8) is 0 Å². The van der Waals surface area contributed by atoms with Crippen molar-refractivity contribution in [2.45, 2.75) is 0 Å². The third-order valence-electron chi connectivity index (χ3n) is 7.70. The molecule has 3 heterocycles. The number of allylic oxidation sites excluding steroid dienone is 24. The largest absolute Gasteiger partial charge is 0.436 e. The van der Waals surface area contributed by atoms with Gasteiger partial charge in [-0.25, -0.2) is 15.0 Å². The van der Waals surface area contributed by atoms with Crippen LogP contribution in [0, 0.1) is 38.5 Å². The first-order chi connectivity index (χ1) is 25.3. The summed E-state index contributed by atoms with van der Waals surface area (Å²) < 4.78 is 18.3. The maximum absolute atomic E-state index is 6.11. The van der Waals surface area contributed by atoms with Gasteiger partial charge < -0.3 is 13.3 Å². The zero-order valence-electron chi connectivity index (χ0n) is 28.7. The molecule has 0 unspecified atom stereocenters. The second-order valence-electron chi connectivity index (χ2n) is 11.3. The molecular weight excluding hydrogens is 798 g/mol. The van der Waals surface area contributed by atoms with Gasteiger partial charge in [0.15, 0.2) is 17.3 Å². The van der Waals surface area contributed by atoms with Gasteiger partial charge in [-0.05, 0) is 18.2 Å². The van der Waals surface area contributed by atoms with E-state index in [9.17, 15) is 0 Å². The third-order valence-corrected chi connectivity index (χ3v) is 7.70. The topological polar surface area (TPSA) is 78.1 Å². The Labute approximate surface area is 348 Å². The minimum absolute atomic E-state index is 0. The molecule has 6 radical (unpaired) electrons. The molecule has 9 heteroatoms. The van der Waals surface area contributed by atoms with E-state index in [0.717, 1.165) is 33.4 Å². The second-order valence-corrected chi connectivity index (χ2v) is 11.3. The van der Waals surface area contributed by atoms with Crippen LogP contribution >= 0.6 is 0 Å². The van der Waals surface area contributed by atoms with Gasteiger partial charge in [0.2, 0.25) is 17.7 Å². The number of rotatable bonds is 6. The minimum Gasteiger partial charge on any atom is -0.436 e. The Bertz CT molecular complexity index is 1940. The summed E-state index contributed by atoms with van der Waals surface area (Å²) in [5, 5.41) is 0. The van der Waals surface area contributed by atoms with Gasteiger partial charge in [0.1, 0.15) is 0 Å². The molecule has 54 heavy (non-hydrogen) atoms. The zero-order valence-corrected chi connectivity index (χ0v) is 32.0. The van der Waals surface area contributed by atoms with E-state index in [1.807, 2.05) is 184 Å². The molecule has 4 aromatic rings. The van der Waals surface area contributed by atoms with Crippen LogP contribution in [-0.4, -0.2) is 15.0 Å². The SMILES string of the molecule is [CH]1C=CC(c2cnc(-c3cc(-c4ncc(C5=C[CH]C=C5)o4)cc(-c4ncc(C5=C[CH]C=C5)o4)c3)o2)=C1.[CH]1C=CC=C1.[CH]1C=CC=C1.[CH]1C=CC=C1.[Fe].[Fe].[Fe]. The summed E-state index contributed by atoms with van der Waals surface area (Å²) in [6.45, 7) is 0. The molecule has 6 aliphatic rings. The van der Waals surface area contributed by atoms with Crippen molar-refractivity contribution < 1.29 is 64.5 Å². The predicted molar refractivity (Wildman–Crippen MR) is 205 cm³/mol. The molecular formula is C45H33Fe3N3O3. The van der Waals surface area contributed by atoms with Gasteiger partial charge in [0.05, 0.1) is 18.6 Å². The average molecular weight is 831 g/mol. The van der Waals surface area contributed by atoms with Crippen molar-refractivity contribution in [3.05, 3.63) is 220 Å². The Morgan fingerprint density at radius 1 is 0.315 bits per heavy atom. The number of benzene rings is 1. The van der Waals surface area contributed by atoms with Crippen molar-refractivity contribution in [3.8, 4) is 34.4 Å². The maximum atomic E-state index is 6.11. The number of aromatic nitrogens is 3. The van der Waals surface area contributed by atoms with E-state index in [0.29, 0.717) is 35.0 Å². The van der Waals surface area contributed by atoms with E-state index in [1.165, 1.54) is 0 Å². The number of nitrogens with zero attached hydrogens (tertiary/aromatic N) is 3. The van der Waals surface area contributed by atoms with Gasteiger partial charge in [-0.1, -0.05) is 128 Å². The van der Waals surface area contributed by atoms with Gasteiger partial charge in [-0.3, -0.25) is 0 Å². The van der Waals surface area contributed by atoms with Crippen LogP contribution < -0.4 is 0 Å². The van der Waals surface area contributed by atoms with E-state index in [-0.39, 0.29) is 51.2 Å². The Morgan fingerprint density at radius 3 is 0.796 bits per heavy atom. The van der Waals surface area contributed by atoms with Crippen LogP contribution in [-0.2, 0) is 51.2 Å². The van der Waals surface area contributed by atoms with Crippen molar-refractivity contribution in [2.75, 3.05) is 0 Å². The summed E-state index contributed by atoms with van der Waals surface area (Å²) >= 11 is 0. The number of oxazole rings is 3. The second kappa shape index (κ2) is 21.9. The normalized spacial score (nSPS) is 15.7. The number of hydrogen-bond acceptors (Lipinski definition) is 6. The molecule has 0 N–H and O–H groups in total. The van der Waals surface area contributed by atoms with E-state index in [1.54, 1.807) is 18.6 Å². The van der Waals surface area contributed by atoms with Gasteiger partial charge in [0.25, 0.3) is 0 Å². The first kappa shape index (κ1) is 42.0. The smallest absolute Gasteiger partial charge is 0.226 e. The summed E-state index contributed by atoms with van der Waals surface area (Å²) in [5.41, 5.74) is 5.22. The van der Waals surface area contributed by atoms with Gasteiger partial charge in [-0.15, -0.1) is 0 Å². The molecule has 270 valence electrons. The molecule has 0 aliphatic heterocycles. The van der Waals surface area contributed by atoms with Crippen molar-refractivity contribution in [1.29, 1.82) is 0 Å². The molecule has 0 spiro atoms. The van der Waals surface area contributed by atoms with Crippen LogP contribution in [0.25, 0.3) is 51.1 Å². The minimum atomic E-state index is 0. The van der Waals surface area contributed by atoms with Crippen LogP contribution in [0.2, 0.25) is 0 Å². The molecule has 1 aromatic carbocycles. The average Bonchev–Trinajstić information content (AvgIpc) is 4.06. The monoisotopic (exact) mass is 831 g/mol. The molecule has 0 bridgehead atoms. The Balaban J connectivity index is 0.000000301. The van der Waals surface area contributed by atoms with E-state index >= 15 is 0 Å². The van der Waals surface area contributed by atoms with Crippen LogP contribution in [0.1, 0.15) is 17.3 Å². The molecule has 6 aliphatic carbocycles. The molecule has 0 atom stereocenters. The first-order valence-corrected chi connectivity index (χ1v) is 16.5. The summed E-state index contributed by atoms with van der Waals surface area (Å²) in [6.07, 6.45) is 58.9. The Kier molecular flexibility index (Phi) is 17.0. The van der Waals surface area contributed by atoms with Crippen LogP contribution in [0.4, 0.5) is 0 Å². The fourth-order valence-electron chi connectivity index (χ4n) is 5.20. The molecule has 0 amide bonds. The molecule has 0 saturated heterocycles. The summed E-state index contributed by atoms with van der Waals surface area (Å²) in [5.74, 6) is 3.56. The standard InChI is InChI=1S/C30H18N3O3.3C5H5.3Fe/c1-2-8-19(7-1)25-16-31-28(34-25)22-13-23(29-32-17-26(35-29)20-9-3-4-10-20)15-24(14-22)30-33-18-27(36-30)21-11-5-6-12-21;3*1-2-4-5-3-1;;;/h1-18H;3*1-5H;;;. The summed E-state index contributed by atoms with van der Waals surface area (Å²) in [7, 11) is 0. The third kappa shape index (κ3) is 11.4. The summed E-state index contributed by atoms with van der Waals surface area (Å²) in [6, 6.07) is 5.85. The zero-order chi connectivity index (χ0) is 34.5. The fourth-order valence-corrected chi connectivity index (χ4v) is 5.20. The van der Waals surface area contributed by atoms with Gasteiger partial charge in [-0.2, -0.15) is 0 Å². The van der Waals surface area contributed by atoms with Crippen LogP contribution in [0.15, 0.2) is 178 Å². The maximum Gasteiger partial charge on any atom is 0.226 e. The Morgan fingerprint density at radius 2 is 0.593 bits per heavy atom. The van der Waals surface area contributed by atoms with Crippen LogP contribution in [0.5, 0.6) is 0 Å². The van der Waals surface area contributed by atoms with Crippen molar-refractivity contribution >= 4 is 16.7 Å². The molecule has 0 saturated carbocycles. The first-order valence-electron chi connectivity index (χ1n) is 16.5. The predicted octanol–water partition coefficient (Wildman–Crippen LogP) is 11.1. The quantitative estimate of drug-likeness (QED) is 0.180.